The molecule has 0 aromatic carbocycles. The number of carbonyl (C=O) groups excluding carboxylic acids is 2. The molecule has 0 radical (unpaired) electrons. The van der Waals surface area contributed by atoms with E-state index in [-0.39, 0.29) is 41.7 Å². The van der Waals surface area contributed by atoms with Crippen molar-refractivity contribution in [2.24, 2.45) is 41.2 Å². The molecule has 0 saturated carbocycles. The molecule has 11 atom stereocenters. The molecule has 222 valence electrons. The third-order valence-corrected chi connectivity index (χ3v) is 7.93. The first-order chi connectivity index (χ1) is 18.3. The van der Waals surface area contributed by atoms with Gasteiger partial charge >= 0.3 is 12.1 Å². The predicted molar refractivity (Wildman–Crippen MR) is 153 cm³/mol. The summed E-state index contributed by atoms with van der Waals surface area (Å²) in [5, 5.41) is 31.7. The van der Waals surface area contributed by atoms with Crippen LogP contribution in [0.4, 0.5) is 4.79 Å². The minimum Gasteiger partial charge on any atom is -0.462 e. The maximum atomic E-state index is 11.9. The molecule has 5 N–H and O–H groups in total. The molecule has 0 unspecified atom stereocenters. The van der Waals surface area contributed by atoms with Crippen molar-refractivity contribution < 1.29 is 34.4 Å². The number of ether oxygens (including phenoxy) is 2. The van der Waals surface area contributed by atoms with Crippen molar-refractivity contribution in [2.45, 2.75) is 97.7 Å². The molecule has 0 aromatic heterocycles. The monoisotopic (exact) mass is 549 g/mol. The van der Waals surface area contributed by atoms with Crippen molar-refractivity contribution in [2.75, 3.05) is 0 Å². The van der Waals surface area contributed by atoms with Gasteiger partial charge in [-0.15, -0.1) is 0 Å². The van der Waals surface area contributed by atoms with Crippen molar-refractivity contribution >= 4 is 12.1 Å². The number of amides is 1. The quantitative estimate of drug-likeness (QED) is 0.124. The lowest BCUT2D eigenvalue weighted by Crippen LogP contribution is -2.46. The number of aliphatic hydroxyl groups is 3. The first-order valence-corrected chi connectivity index (χ1v) is 14.1. The van der Waals surface area contributed by atoms with Crippen LogP contribution in [0.2, 0.25) is 0 Å². The van der Waals surface area contributed by atoms with Crippen LogP contribution in [-0.4, -0.2) is 57.9 Å². The first kappa shape index (κ1) is 34.6. The highest BCUT2D eigenvalue weighted by atomic mass is 16.6. The zero-order valence-corrected chi connectivity index (χ0v) is 24.5. The molecule has 1 amide bonds. The highest BCUT2D eigenvalue weighted by molar-refractivity contribution is 5.73. The summed E-state index contributed by atoms with van der Waals surface area (Å²) < 4.78 is 10.8. The van der Waals surface area contributed by atoms with Crippen molar-refractivity contribution in [3.8, 4) is 0 Å². The standard InChI is InChI=1S/C31H51NO7/c1-8-9-14-21(4)29(39-31(32)37)22(5)25(33)17-12-10-15-19(2)27(34)20(3)16-11-13-18-26-23(6)28(35)24(7)30(36)38-26/h8-11,14-16,19-29,33-35H,1,12-13,17-18H2,2-7H3,(H2,32,37)/b14-9-,15-10-,16-11-/t19-,20-,21-,22-,23+,24+,25+,26-,27-,28-,29-/m0/s1. The number of rotatable bonds is 16. The van der Waals surface area contributed by atoms with Crippen LogP contribution in [0, 0.1) is 35.5 Å². The van der Waals surface area contributed by atoms with E-state index >= 15 is 0 Å². The van der Waals surface area contributed by atoms with E-state index in [1.165, 1.54) is 0 Å². The number of hydrogen-bond acceptors (Lipinski definition) is 7. The van der Waals surface area contributed by atoms with Crippen molar-refractivity contribution in [3.05, 3.63) is 49.1 Å². The number of carbonyl (C=O) groups is 2. The molecule has 1 fully saturated rings. The van der Waals surface area contributed by atoms with Gasteiger partial charge in [0.25, 0.3) is 0 Å². The summed E-state index contributed by atoms with van der Waals surface area (Å²) in [5.74, 6) is -1.60. The molecule has 0 bridgehead atoms. The Bertz CT molecular complexity index is 854. The van der Waals surface area contributed by atoms with E-state index in [4.69, 9.17) is 15.2 Å². The maximum Gasteiger partial charge on any atom is 0.404 e. The summed E-state index contributed by atoms with van der Waals surface area (Å²) in [4.78, 5) is 23.3. The van der Waals surface area contributed by atoms with Crippen LogP contribution in [0.1, 0.15) is 67.2 Å². The zero-order valence-electron chi connectivity index (χ0n) is 24.5. The average Bonchev–Trinajstić information content (AvgIpc) is 2.90. The minimum absolute atomic E-state index is 0.0796. The maximum absolute atomic E-state index is 11.9. The minimum atomic E-state index is -0.871. The van der Waals surface area contributed by atoms with Gasteiger partial charge in [0.2, 0.25) is 0 Å². The molecule has 1 saturated heterocycles. The number of cyclic esters (lactones) is 1. The van der Waals surface area contributed by atoms with Crippen LogP contribution < -0.4 is 5.73 Å². The molecule has 39 heavy (non-hydrogen) atoms. The van der Waals surface area contributed by atoms with E-state index in [1.807, 2.05) is 65.0 Å². The van der Waals surface area contributed by atoms with Gasteiger partial charge in [-0.2, -0.15) is 0 Å². The number of primary amides is 1. The van der Waals surface area contributed by atoms with Gasteiger partial charge in [-0.25, -0.2) is 4.79 Å². The van der Waals surface area contributed by atoms with Crippen molar-refractivity contribution in [1.29, 1.82) is 0 Å². The van der Waals surface area contributed by atoms with Crippen LogP contribution >= 0.6 is 0 Å². The van der Waals surface area contributed by atoms with E-state index in [1.54, 1.807) is 19.1 Å². The highest BCUT2D eigenvalue weighted by Crippen LogP contribution is 2.29. The topological polar surface area (TPSA) is 139 Å². The van der Waals surface area contributed by atoms with Gasteiger partial charge in [0.05, 0.1) is 24.2 Å². The number of hydrogen-bond donors (Lipinski definition) is 4. The zero-order chi connectivity index (χ0) is 29.7. The van der Waals surface area contributed by atoms with E-state index in [9.17, 15) is 24.9 Å². The molecule has 1 aliphatic heterocycles. The second-order valence-electron chi connectivity index (χ2n) is 11.1. The molecule has 0 aromatic rings. The largest absolute Gasteiger partial charge is 0.462 e. The van der Waals surface area contributed by atoms with Crippen LogP contribution in [0.25, 0.3) is 0 Å². The lowest BCUT2D eigenvalue weighted by molar-refractivity contribution is -0.177. The fraction of sp³-hybridized carbons (Fsp3) is 0.677. The summed E-state index contributed by atoms with van der Waals surface area (Å²) in [6.07, 6.45) is 11.8. The smallest absolute Gasteiger partial charge is 0.404 e. The van der Waals surface area contributed by atoms with E-state index < -0.39 is 36.4 Å². The molecular weight excluding hydrogens is 498 g/mol. The Labute approximate surface area is 234 Å². The first-order valence-electron chi connectivity index (χ1n) is 14.1. The lowest BCUT2D eigenvalue weighted by Gasteiger charge is -2.36. The second-order valence-corrected chi connectivity index (χ2v) is 11.1. The normalized spacial score (nSPS) is 27.6. The summed E-state index contributed by atoms with van der Waals surface area (Å²) in [7, 11) is 0. The molecule has 1 heterocycles. The van der Waals surface area contributed by atoms with Gasteiger partial charge in [-0.3, -0.25) is 4.79 Å². The van der Waals surface area contributed by atoms with Gasteiger partial charge in [-0.1, -0.05) is 83.7 Å². The van der Waals surface area contributed by atoms with Gasteiger partial charge in [0, 0.05) is 29.6 Å². The molecule has 8 heteroatoms. The second kappa shape index (κ2) is 17.3. The van der Waals surface area contributed by atoms with Gasteiger partial charge < -0.3 is 30.5 Å². The van der Waals surface area contributed by atoms with Crippen molar-refractivity contribution in [1.82, 2.24) is 0 Å². The molecule has 8 nitrogen and oxygen atoms in total. The third-order valence-electron chi connectivity index (χ3n) is 7.93. The highest BCUT2D eigenvalue weighted by Gasteiger charge is 2.39. The molecule has 1 aliphatic rings. The molecule has 0 spiro atoms. The van der Waals surface area contributed by atoms with Gasteiger partial charge in [0.1, 0.15) is 12.2 Å². The van der Waals surface area contributed by atoms with Gasteiger partial charge in [-0.05, 0) is 32.6 Å². The summed E-state index contributed by atoms with van der Waals surface area (Å²) in [6.45, 7) is 14.9. The van der Waals surface area contributed by atoms with Crippen LogP contribution in [-0.2, 0) is 14.3 Å². The summed E-state index contributed by atoms with van der Waals surface area (Å²) in [6, 6.07) is 0. The lowest BCUT2D eigenvalue weighted by atomic mass is 9.84. The Balaban J connectivity index is 2.52. The average molecular weight is 550 g/mol. The van der Waals surface area contributed by atoms with Gasteiger partial charge in [0.15, 0.2) is 0 Å². The molecule has 0 aliphatic carbocycles. The Hall–Kier alpha value is -2.42. The Morgan fingerprint density at radius 2 is 1.64 bits per heavy atom. The number of esters is 1. The van der Waals surface area contributed by atoms with Crippen molar-refractivity contribution in [3.63, 3.8) is 0 Å². The Morgan fingerprint density at radius 3 is 2.21 bits per heavy atom. The van der Waals surface area contributed by atoms with E-state index in [0.29, 0.717) is 25.7 Å². The van der Waals surface area contributed by atoms with Crippen LogP contribution in [0.15, 0.2) is 49.1 Å². The van der Waals surface area contributed by atoms with E-state index in [2.05, 4.69) is 6.58 Å². The van der Waals surface area contributed by atoms with Crippen LogP contribution in [0.3, 0.4) is 0 Å². The Morgan fingerprint density at radius 1 is 1.05 bits per heavy atom. The SMILES string of the molecule is C=C/C=C\[C@H](C)[C@H](OC(N)=O)[C@@H](C)[C@H](O)CC/C=C\[C@H](C)[C@H](O)[C@@H](C)/C=C\CC[C@@H]1OC(=O)[C@H](C)[C@@H](O)[C@@H]1C. The molecule has 1 rings (SSSR count). The number of allylic oxidation sites excluding steroid dienone is 4. The summed E-state index contributed by atoms with van der Waals surface area (Å²) >= 11 is 0. The Kier molecular flexibility index (Phi) is 15.4. The summed E-state index contributed by atoms with van der Waals surface area (Å²) in [5.41, 5.74) is 5.24. The van der Waals surface area contributed by atoms with Crippen LogP contribution in [0.5, 0.6) is 0 Å². The predicted octanol–water partition coefficient (Wildman–Crippen LogP) is 4.69. The fourth-order valence-corrected chi connectivity index (χ4v) is 5.03. The number of nitrogens with two attached hydrogens (primary N) is 1. The fourth-order valence-electron chi connectivity index (χ4n) is 5.03. The third kappa shape index (κ3) is 11.3. The van der Waals surface area contributed by atoms with E-state index in [0.717, 1.165) is 0 Å². The molecular formula is C31H51NO7. The number of aliphatic hydroxyl groups excluding tert-OH is 3.